The summed E-state index contributed by atoms with van der Waals surface area (Å²) in [5.74, 6) is 2.70. The van der Waals surface area contributed by atoms with Crippen LogP contribution in [-0.4, -0.2) is 19.4 Å². The van der Waals surface area contributed by atoms with Gasteiger partial charge in [0, 0.05) is 17.4 Å². The molecule has 0 saturated heterocycles. The number of benzene rings is 1. The fourth-order valence-corrected chi connectivity index (χ4v) is 15.0. The first-order valence-electron chi connectivity index (χ1n) is 12.9. The summed E-state index contributed by atoms with van der Waals surface area (Å²) in [4.78, 5) is 13.3. The van der Waals surface area contributed by atoms with Gasteiger partial charge in [-0.05, 0) is 51.7 Å². The zero-order valence-corrected chi connectivity index (χ0v) is 25.8. The monoisotopic (exact) mass is 492 g/mol. The lowest BCUT2D eigenvalue weighted by Crippen LogP contribution is -2.42. The van der Waals surface area contributed by atoms with Crippen molar-refractivity contribution in [2.75, 3.05) is 5.38 Å². The number of thioether (sulfide) groups is 1. The maximum atomic E-state index is 11.9. The summed E-state index contributed by atoms with van der Waals surface area (Å²) in [6.45, 7) is 29.3. The van der Waals surface area contributed by atoms with Gasteiger partial charge in [0.2, 0.25) is 0 Å². The van der Waals surface area contributed by atoms with Crippen LogP contribution in [0.1, 0.15) is 101 Å². The summed E-state index contributed by atoms with van der Waals surface area (Å²) in [6.07, 6.45) is 0. The minimum Gasteiger partial charge on any atom is -0.426 e. The van der Waals surface area contributed by atoms with Crippen molar-refractivity contribution in [3.63, 3.8) is 0 Å². The molecule has 2 nitrogen and oxygen atoms in total. The van der Waals surface area contributed by atoms with Crippen LogP contribution in [0, 0.1) is 17.8 Å². The molecule has 0 aliphatic heterocycles. The minimum absolute atomic E-state index is 0.0218. The first kappa shape index (κ1) is 30.3. The van der Waals surface area contributed by atoms with Crippen molar-refractivity contribution in [3.8, 4) is 5.75 Å². The Hall–Kier alpha value is -0.743. The largest absolute Gasteiger partial charge is 0.426 e. The first-order chi connectivity index (χ1) is 14.9. The second kappa shape index (κ2) is 11.8. The molecule has 1 aromatic rings. The van der Waals surface area contributed by atoms with Gasteiger partial charge < -0.3 is 4.74 Å². The van der Waals surface area contributed by atoms with Gasteiger partial charge in [-0.15, -0.1) is 11.8 Å². The number of carbonyl (C=O) groups excluding carboxylic acids is 1. The molecular weight excluding hydrogens is 440 g/mol. The van der Waals surface area contributed by atoms with Crippen LogP contribution in [0.15, 0.2) is 17.0 Å². The van der Waals surface area contributed by atoms with Gasteiger partial charge in [0.1, 0.15) is 5.75 Å². The molecule has 0 N–H and O–H groups in total. The Morgan fingerprint density at radius 3 is 1.58 bits per heavy atom. The van der Waals surface area contributed by atoms with Crippen LogP contribution in [0.3, 0.4) is 0 Å². The van der Waals surface area contributed by atoms with Gasteiger partial charge in [-0.3, -0.25) is 4.79 Å². The lowest BCUT2D eigenvalue weighted by molar-refractivity contribution is -0.131. The fourth-order valence-electron chi connectivity index (χ4n) is 5.35. The molecule has 0 unspecified atom stereocenters. The fraction of sp³-hybridized carbons (Fsp3) is 0.759. The van der Waals surface area contributed by atoms with Gasteiger partial charge in [-0.25, -0.2) is 0 Å². The van der Waals surface area contributed by atoms with E-state index in [1.807, 2.05) is 0 Å². The Morgan fingerprint density at radius 1 is 0.818 bits per heavy atom. The molecule has 0 amide bonds. The predicted molar refractivity (Wildman–Crippen MR) is 151 cm³/mol. The molecule has 1 aromatic carbocycles. The third-order valence-corrected chi connectivity index (χ3v) is 14.7. The summed E-state index contributed by atoms with van der Waals surface area (Å²) in [6, 6.07) is 8.69. The maximum Gasteiger partial charge on any atom is 0.308 e. The molecule has 1 rings (SSSR count). The smallest absolute Gasteiger partial charge is 0.308 e. The van der Waals surface area contributed by atoms with Crippen LogP contribution in [0.25, 0.3) is 0 Å². The second-order valence-corrected chi connectivity index (χ2v) is 19.6. The third-order valence-electron chi connectivity index (χ3n) is 6.01. The molecule has 0 aromatic heterocycles. The Labute approximate surface area is 211 Å². The summed E-state index contributed by atoms with van der Waals surface area (Å²) in [5.41, 5.74) is 2.29. The molecule has 0 aliphatic carbocycles. The Morgan fingerprint density at radius 2 is 1.24 bits per heavy atom. The van der Waals surface area contributed by atoms with Crippen molar-refractivity contribution in [3.05, 3.63) is 23.3 Å². The van der Waals surface area contributed by atoms with Gasteiger partial charge in [-0.1, -0.05) is 101 Å². The number of ether oxygens (including phenoxy) is 1. The second-order valence-electron chi connectivity index (χ2n) is 13.5. The molecule has 0 atom stereocenters. The van der Waals surface area contributed by atoms with E-state index in [2.05, 4.69) is 107 Å². The molecular formula is C29H52O2SSi. The van der Waals surface area contributed by atoms with E-state index in [1.54, 1.807) is 0 Å². The SMILES string of the molecule is CC(=O)Oc1cc(C(C)(C)C)c(SC[Si](CC(C)C)(CC(C)C)CC(C)C)cc1C(C)(C)C. The van der Waals surface area contributed by atoms with Crippen molar-refractivity contribution in [1.29, 1.82) is 0 Å². The summed E-state index contributed by atoms with van der Waals surface area (Å²) >= 11 is 2.09. The van der Waals surface area contributed by atoms with E-state index in [0.29, 0.717) is 0 Å². The van der Waals surface area contributed by atoms with E-state index in [9.17, 15) is 4.79 Å². The van der Waals surface area contributed by atoms with Gasteiger partial charge in [-0.2, -0.15) is 0 Å². The molecule has 33 heavy (non-hydrogen) atoms. The van der Waals surface area contributed by atoms with Crippen LogP contribution < -0.4 is 4.74 Å². The molecule has 4 heteroatoms. The van der Waals surface area contributed by atoms with Crippen LogP contribution >= 0.6 is 11.8 Å². The molecule has 190 valence electrons. The zero-order chi connectivity index (χ0) is 25.8. The average Bonchev–Trinajstić information content (AvgIpc) is 2.56. The Balaban J connectivity index is 3.59. The van der Waals surface area contributed by atoms with Crippen LogP contribution in [0.5, 0.6) is 5.75 Å². The molecule has 0 spiro atoms. The summed E-state index contributed by atoms with van der Waals surface area (Å²) in [5, 5.41) is 1.26. The van der Waals surface area contributed by atoms with Gasteiger partial charge in [0.25, 0.3) is 0 Å². The first-order valence-corrected chi connectivity index (χ1v) is 16.7. The maximum absolute atomic E-state index is 11.9. The van der Waals surface area contributed by atoms with E-state index in [-0.39, 0.29) is 16.8 Å². The number of hydrogen-bond acceptors (Lipinski definition) is 3. The highest BCUT2D eigenvalue weighted by atomic mass is 32.2. The summed E-state index contributed by atoms with van der Waals surface area (Å²) in [7, 11) is -1.48. The highest BCUT2D eigenvalue weighted by molar-refractivity contribution is 8.01. The minimum atomic E-state index is -1.48. The van der Waals surface area contributed by atoms with E-state index >= 15 is 0 Å². The number of rotatable bonds is 10. The molecule has 0 heterocycles. The van der Waals surface area contributed by atoms with E-state index in [0.717, 1.165) is 29.1 Å². The Bertz CT molecular complexity index is 756. The molecule has 0 fully saturated rings. The van der Waals surface area contributed by atoms with Gasteiger partial charge in [0.05, 0.1) is 8.07 Å². The van der Waals surface area contributed by atoms with E-state index < -0.39 is 8.07 Å². The molecule has 0 radical (unpaired) electrons. The van der Waals surface area contributed by atoms with E-state index in [4.69, 9.17) is 4.74 Å². The lowest BCUT2D eigenvalue weighted by Gasteiger charge is -2.37. The van der Waals surface area contributed by atoms with Crippen molar-refractivity contribution in [2.45, 2.75) is 124 Å². The van der Waals surface area contributed by atoms with Gasteiger partial charge in [0.15, 0.2) is 0 Å². The quantitative estimate of drug-likeness (QED) is 0.141. The van der Waals surface area contributed by atoms with Crippen molar-refractivity contribution in [2.24, 2.45) is 17.8 Å². The van der Waals surface area contributed by atoms with Crippen LogP contribution in [0.2, 0.25) is 18.1 Å². The Kier molecular flexibility index (Phi) is 10.8. The topological polar surface area (TPSA) is 26.3 Å². The normalized spacial score (nSPS) is 13.3. The number of esters is 1. The van der Waals surface area contributed by atoms with Gasteiger partial charge >= 0.3 is 5.97 Å². The van der Waals surface area contributed by atoms with Crippen molar-refractivity contribution < 1.29 is 9.53 Å². The third kappa shape index (κ3) is 9.80. The average molecular weight is 493 g/mol. The van der Waals surface area contributed by atoms with E-state index in [1.165, 1.54) is 40.9 Å². The van der Waals surface area contributed by atoms with Crippen LogP contribution in [0.4, 0.5) is 0 Å². The van der Waals surface area contributed by atoms with Crippen molar-refractivity contribution >= 4 is 25.8 Å². The van der Waals surface area contributed by atoms with Crippen molar-refractivity contribution in [1.82, 2.24) is 0 Å². The van der Waals surface area contributed by atoms with Crippen LogP contribution in [-0.2, 0) is 15.6 Å². The molecule has 0 aliphatic rings. The predicted octanol–water partition coefficient (Wildman–Crippen LogP) is 9.26. The lowest BCUT2D eigenvalue weighted by atomic mass is 9.81. The molecule has 0 bridgehead atoms. The standard InChI is InChI=1S/C29H52O2SSi/c1-20(2)16-33(17-21(3)4,18-22(5)6)19-32-27-15-24(28(8,9)10)26(31-23(7)30)14-25(27)29(11,12)13/h14-15,20-22H,16-19H2,1-13H3. The zero-order valence-electron chi connectivity index (χ0n) is 23.9. The number of carbonyl (C=O) groups is 1. The molecule has 0 saturated carbocycles. The highest BCUT2D eigenvalue weighted by Gasteiger charge is 2.36. The highest BCUT2D eigenvalue weighted by Crippen LogP contribution is 2.44. The summed E-state index contributed by atoms with van der Waals surface area (Å²) < 4.78 is 5.73. The number of hydrogen-bond donors (Lipinski definition) is 0.